The molecule has 0 aliphatic carbocycles. The molecule has 3 aromatic heterocycles. The Morgan fingerprint density at radius 2 is 2.31 bits per heavy atom. The number of nitrogens with one attached hydrogen (secondary N) is 1. The number of rotatable bonds is 3. The predicted molar refractivity (Wildman–Crippen MR) is 65.7 cm³/mol. The molecule has 0 spiro atoms. The number of fused-ring (bicyclic) bond motifs is 1. The number of anilines is 1. The highest BCUT2D eigenvalue weighted by atomic mass is 32.1. The Balaban J connectivity index is 1.86. The van der Waals surface area contributed by atoms with Gasteiger partial charge in [-0.2, -0.15) is 0 Å². The van der Waals surface area contributed by atoms with Crippen molar-refractivity contribution in [2.24, 2.45) is 0 Å². The van der Waals surface area contributed by atoms with Crippen molar-refractivity contribution in [3.63, 3.8) is 0 Å². The predicted octanol–water partition coefficient (Wildman–Crippen LogP) is 3.50. The van der Waals surface area contributed by atoms with Crippen molar-refractivity contribution < 1.29 is 4.42 Å². The Hall–Kier alpha value is -1.81. The second kappa shape index (κ2) is 3.98. The Morgan fingerprint density at radius 1 is 1.31 bits per heavy atom. The van der Waals surface area contributed by atoms with E-state index >= 15 is 0 Å². The third-order valence-electron chi connectivity index (χ3n) is 2.42. The summed E-state index contributed by atoms with van der Waals surface area (Å²) in [6, 6.07) is 6.06. The molecule has 0 aliphatic heterocycles. The first kappa shape index (κ1) is 9.42. The molecule has 80 valence electrons. The molecular formula is C12H10N2OS. The Bertz CT molecular complexity index is 586. The third kappa shape index (κ3) is 1.67. The van der Waals surface area contributed by atoms with Gasteiger partial charge in [-0.1, -0.05) is 0 Å². The van der Waals surface area contributed by atoms with Crippen LogP contribution in [0.2, 0.25) is 0 Å². The number of nitrogens with zero attached hydrogens (tertiary/aromatic N) is 1. The van der Waals surface area contributed by atoms with E-state index in [-0.39, 0.29) is 0 Å². The van der Waals surface area contributed by atoms with Crippen molar-refractivity contribution in [1.82, 2.24) is 4.98 Å². The van der Waals surface area contributed by atoms with Crippen LogP contribution in [0.4, 0.5) is 5.82 Å². The van der Waals surface area contributed by atoms with E-state index in [0.29, 0.717) is 0 Å². The summed E-state index contributed by atoms with van der Waals surface area (Å²) in [6.45, 7) is 0.735. The number of hydrogen-bond acceptors (Lipinski definition) is 4. The van der Waals surface area contributed by atoms with Crippen molar-refractivity contribution in [1.29, 1.82) is 0 Å². The van der Waals surface area contributed by atoms with Gasteiger partial charge in [0.15, 0.2) is 0 Å². The molecule has 1 N–H and O–H groups in total. The van der Waals surface area contributed by atoms with Gasteiger partial charge >= 0.3 is 0 Å². The van der Waals surface area contributed by atoms with Crippen LogP contribution >= 0.6 is 11.3 Å². The summed E-state index contributed by atoms with van der Waals surface area (Å²) in [6.07, 6.45) is 5.24. The zero-order valence-electron chi connectivity index (χ0n) is 8.51. The van der Waals surface area contributed by atoms with Gasteiger partial charge < -0.3 is 9.73 Å². The number of thiophene rings is 1. The molecular weight excluding hydrogens is 220 g/mol. The molecule has 0 atom stereocenters. The van der Waals surface area contributed by atoms with Crippen LogP contribution in [0.15, 0.2) is 46.7 Å². The normalized spacial score (nSPS) is 10.8. The molecule has 3 nitrogen and oxygen atoms in total. The fourth-order valence-electron chi connectivity index (χ4n) is 1.61. The summed E-state index contributed by atoms with van der Waals surface area (Å²) >= 11 is 1.73. The first-order valence-corrected chi connectivity index (χ1v) is 5.88. The maximum Gasteiger partial charge on any atom is 0.134 e. The Labute approximate surface area is 96.7 Å². The Morgan fingerprint density at radius 3 is 3.19 bits per heavy atom. The number of aromatic nitrogens is 1. The quantitative estimate of drug-likeness (QED) is 0.748. The maximum atomic E-state index is 5.02. The summed E-state index contributed by atoms with van der Waals surface area (Å²) in [5, 5.41) is 6.57. The smallest absolute Gasteiger partial charge is 0.134 e. The molecule has 4 heteroatoms. The summed E-state index contributed by atoms with van der Waals surface area (Å²) in [5.74, 6) is 0.931. The molecule has 0 aromatic carbocycles. The highest BCUT2D eigenvalue weighted by molar-refractivity contribution is 7.17. The van der Waals surface area contributed by atoms with Gasteiger partial charge in [0.05, 0.1) is 12.5 Å². The van der Waals surface area contributed by atoms with E-state index < -0.39 is 0 Å². The van der Waals surface area contributed by atoms with Crippen molar-refractivity contribution in [3.8, 4) is 0 Å². The monoisotopic (exact) mass is 230 g/mol. The maximum absolute atomic E-state index is 5.02. The number of hydrogen-bond donors (Lipinski definition) is 1. The van der Waals surface area contributed by atoms with E-state index in [1.165, 1.54) is 10.1 Å². The van der Waals surface area contributed by atoms with Crippen molar-refractivity contribution in [2.45, 2.75) is 6.54 Å². The fourth-order valence-corrected chi connectivity index (χ4v) is 2.40. The first-order valence-electron chi connectivity index (χ1n) is 5.00. The summed E-state index contributed by atoms with van der Waals surface area (Å²) < 4.78 is 6.27. The number of furan rings is 1. The van der Waals surface area contributed by atoms with Gasteiger partial charge in [0, 0.05) is 28.4 Å². The van der Waals surface area contributed by atoms with Crippen molar-refractivity contribution in [3.05, 3.63) is 47.9 Å². The van der Waals surface area contributed by atoms with Crippen LogP contribution in [-0.2, 0) is 6.54 Å². The SMILES string of the molecule is c1cc2sccc2c(NCc2ccoc2)n1. The van der Waals surface area contributed by atoms with Crippen LogP contribution in [0, 0.1) is 0 Å². The van der Waals surface area contributed by atoms with Gasteiger partial charge in [-0.25, -0.2) is 4.98 Å². The van der Waals surface area contributed by atoms with Gasteiger partial charge in [-0.3, -0.25) is 0 Å². The topological polar surface area (TPSA) is 38.1 Å². The summed E-state index contributed by atoms with van der Waals surface area (Å²) in [4.78, 5) is 4.34. The van der Waals surface area contributed by atoms with Gasteiger partial charge in [-0.05, 0) is 23.6 Å². The van der Waals surface area contributed by atoms with Gasteiger partial charge in [0.1, 0.15) is 5.82 Å². The van der Waals surface area contributed by atoms with Gasteiger partial charge in [0.2, 0.25) is 0 Å². The zero-order valence-corrected chi connectivity index (χ0v) is 9.33. The van der Waals surface area contributed by atoms with Crippen molar-refractivity contribution in [2.75, 3.05) is 5.32 Å². The molecule has 3 heterocycles. The largest absolute Gasteiger partial charge is 0.472 e. The van der Waals surface area contributed by atoms with E-state index in [2.05, 4.69) is 21.7 Å². The van der Waals surface area contributed by atoms with Crippen LogP contribution in [0.5, 0.6) is 0 Å². The lowest BCUT2D eigenvalue weighted by Gasteiger charge is -2.04. The molecule has 0 unspecified atom stereocenters. The Kier molecular flexibility index (Phi) is 2.34. The average Bonchev–Trinajstić information content (AvgIpc) is 2.97. The second-order valence-electron chi connectivity index (χ2n) is 3.48. The van der Waals surface area contributed by atoms with E-state index in [1.54, 1.807) is 23.9 Å². The van der Waals surface area contributed by atoms with Crippen LogP contribution in [0.3, 0.4) is 0 Å². The minimum atomic E-state index is 0.735. The van der Waals surface area contributed by atoms with Crippen LogP contribution in [0.1, 0.15) is 5.56 Å². The average molecular weight is 230 g/mol. The molecule has 0 bridgehead atoms. The highest BCUT2D eigenvalue weighted by Gasteiger charge is 2.02. The van der Waals surface area contributed by atoms with Crippen LogP contribution < -0.4 is 5.32 Å². The fraction of sp³-hybridized carbons (Fsp3) is 0.0833. The lowest BCUT2D eigenvalue weighted by Crippen LogP contribution is -2.00. The molecule has 0 amide bonds. The van der Waals surface area contributed by atoms with Gasteiger partial charge in [0.25, 0.3) is 0 Å². The molecule has 3 aromatic rings. The van der Waals surface area contributed by atoms with E-state index in [0.717, 1.165) is 17.9 Å². The van der Waals surface area contributed by atoms with E-state index in [4.69, 9.17) is 4.42 Å². The van der Waals surface area contributed by atoms with Crippen LogP contribution in [0.25, 0.3) is 10.1 Å². The molecule has 0 saturated heterocycles. The minimum absolute atomic E-state index is 0.735. The lowest BCUT2D eigenvalue weighted by atomic mass is 10.3. The molecule has 0 radical (unpaired) electrons. The molecule has 3 rings (SSSR count). The van der Waals surface area contributed by atoms with E-state index in [9.17, 15) is 0 Å². The summed E-state index contributed by atoms with van der Waals surface area (Å²) in [5.41, 5.74) is 1.12. The molecule has 0 fully saturated rings. The standard InChI is InChI=1S/C12H10N2OS/c1-4-13-12(10-3-6-16-11(1)10)14-7-9-2-5-15-8-9/h1-6,8H,7H2,(H,13,14). The highest BCUT2D eigenvalue weighted by Crippen LogP contribution is 2.25. The third-order valence-corrected chi connectivity index (χ3v) is 3.30. The summed E-state index contributed by atoms with van der Waals surface area (Å²) in [7, 11) is 0. The number of pyridine rings is 1. The molecule has 0 saturated carbocycles. The first-order chi connectivity index (χ1) is 7.93. The molecule has 16 heavy (non-hydrogen) atoms. The minimum Gasteiger partial charge on any atom is -0.472 e. The van der Waals surface area contributed by atoms with Crippen LogP contribution in [-0.4, -0.2) is 4.98 Å². The lowest BCUT2D eigenvalue weighted by molar-refractivity contribution is 0.564. The van der Waals surface area contributed by atoms with E-state index in [1.807, 2.05) is 18.3 Å². The van der Waals surface area contributed by atoms with Gasteiger partial charge in [-0.15, -0.1) is 11.3 Å². The molecule has 0 aliphatic rings. The zero-order chi connectivity index (χ0) is 10.8. The van der Waals surface area contributed by atoms with Crippen molar-refractivity contribution >= 4 is 27.2 Å². The second-order valence-corrected chi connectivity index (χ2v) is 4.42.